The summed E-state index contributed by atoms with van der Waals surface area (Å²) in [5, 5.41) is 6.05. The van der Waals surface area contributed by atoms with E-state index < -0.39 is 6.04 Å². The summed E-state index contributed by atoms with van der Waals surface area (Å²) < 4.78 is 14.0. The molecule has 1 atom stereocenters. The van der Waals surface area contributed by atoms with E-state index in [0.29, 0.717) is 36.4 Å². The van der Waals surface area contributed by atoms with E-state index in [4.69, 9.17) is 0 Å². The standard InChI is InChI=1S/C21H23FN4O2/c1-13-6-7-17(22)16-11-18(24-20(13)16)21(28)23-14-4-3-5-15(10-14)26-9-8-25(2)19(27)12-26/h3-7,10,18,24H,8-9,11-12H2,1-2H3,(H,23,28). The van der Waals surface area contributed by atoms with Crippen molar-refractivity contribution in [1.29, 1.82) is 0 Å². The molecule has 1 unspecified atom stereocenters. The molecule has 2 aliphatic rings. The lowest BCUT2D eigenvalue weighted by Gasteiger charge is -2.33. The molecule has 2 heterocycles. The Morgan fingerprint density at radius 2 is 2.07 bits per heavy atom. The molecule has 4 rings (SSSR count). The lowest BCUT2D eigenvalue weighted by molar-refractivity contribution is -0.129. The van der Waals surface area contributed by atoms with E-state index in [1.165, 1.54) is 6.07 Å². The van der Waals surface area contributed by atoms with Crippen molar-refractivity contribution in [3.05, 3.63) is 53.3 Å². The number of carbonyl (C=O) groups excluding carboxylic acids is 2. The molecule has 2 amide bonds. The fraction of sp³-hybridized carbons (Fsp3) is 0.333. The van der Waals surface area contributed by atoms with E-state index >= 15 is 0 Å². The summed E-state index contributed by atoms with van der Waals surface area (Å²) in [6, 6.07) is 10.1. The molecule has 2 aliphatic heterocycles. The van der Waals surface area contributed by atoms with Gasteiger partial charge in [0.25, 0.3) is 0 Å². The van der Waals surface area contributed by atoms with Gasteiger partial charge in [-0.25, -0.2) is 4.39 Å². The molecule has 0 spiro atoms. The summed E-state index contributed by atoms with van der Waals surface area (Å²) in [5.74, 6) is -0.419. The van der Waals surface area contributed by atoms with Crippen molar-refractivity contribution in [2.75, 3.05) is 42.2 Å². The smallest absolute Gasteiger partial charge is 0.247 e. The molecule has 0 saturated carbocycles. The van der Waals surface area contributed by atoms with Gasteiger partial charge < -0.3 is 20.4 Å². The van der Waals surface area contributed by atoms with E-state index in [1.807, 2.05) is 36.1 Å². The summed E-state index contributed by atoms with van der Waals surface area (Å²) in [7, 11) is 1.80. The Morgan fingerprint density at radius 1 is 1.25 bits per heavy atom. The summed E-state index contributed by atoms with van der Waals surface area (Å²) in [4.78, 5) is 28.4. The van der Waals surface area contributed by atoms with Gasteiger partial charge in [0.15, 0.2) is 0 Å². The Bertz CT molecular complexity index is 915. The number of carbonyl (C=O) groups is 2. The number of aryl methyl sites for hydroxylation is 1. The second-order valence-corrected chi connectivity index (χ2v) is 7.40. The van der Waals surface area contributed by atoms with Crippen molar-refractivity contribution in [2.24, 2.45) is 0 Å². The molecule has 1 saturated heterocycles. The SMILES string of the molecule is Cc1ccc(F)c2c1NC(C(=O)Nc1cccc(N3CCN(C)C(=O)C3)c1)C2. The third-order valence-corrected chi connectivity index (χ3v) is 5.44. The second-order valence-electron chi connectivity index (χ2n) is 7.40. The number of benzene rings is 2. The maximum absolute atomic E-state index is 14.0. The zero-order chi connectivity index (χ0) is 19.8. The molecule has 6 nitrogen and oxygen atoms in total. The van der Waals surface area contributed by atoms with Crippen LogP contribution in [0.5, 0.6) is 0 Å². The lowest BCUT2D eigenvalue weighted by Crippen LogP contribution is -2.48. The Balaban J connectivity index is 1.45. The van der Waals surface area contributed by atoms with Gasteiger partial charge in [0.05, 0.1) is 6.54 Å². The average molecular weight is 382 g/mol. The van der Waals surface area contributed by atoms with E-state index in [-0.39, 0.29) is 17.6 Å². The van der Waals surface area contributed by atoms with Crippen molar-refractivity contribution in [3.8, 4) is 0 Å². The van der Waals surface area contributed by atoms with Crippen LogP contribution in [0.25, 0.3) is 0 Å². The van der Waals surface area contributed by atoms with Gasteiger partial charge in [-0.1, -0.05) is 12.1 Å². The fourth-order valence-electron chi connectivity index (χ4n) is 3.72. The van der Waals surface area contributed by atoms with E-state index in [1.54, 1.807) is 18.0 Å². The monoisotopic (exact) mass is 382 g/mol. The van der Waals surface area contributed by atoms with Crippen LogP contribution in [0.3, 0.4) is 0 Å². The zero-order valence-electron chi connectivity index (χ0n) is 16.0. The minimum atomic E-state index is -0.514. The van der Waals surface area contributed by atoms with Crippen molar-refractivity contribution in [2.45, 2.75) is 19.4 Å². The van der Waals surface area contributed by atoms with Crippen LogP contribution in [-0.4, -0.2) is 49.4 Å². The number of rotatable bonds is 3. The highest BCUT2D eigenvalue weighted by Crippen LogP contribution is 2.32. The molecule has 0 radical (unpaired) electrons. The molecule has 0 bridgehead atoms. The van der Waals surface area contributed by atoms with Crippen LogP contribution in [-0.2, 0) is 16.0 Å². The largest absolute Gasteiger partial charge is 0.373 e. The number of nitrogens with one attached hydrogen (secondary N) is 2. The van der Waals surface area contributed by atoms with Crippen LogP contribution in [0.15, 0.2) is 36.4 Å². The topological polar surface area (TPSA) is 64.7 Å². The molecule has 2 N–H and O–H groups in total. The number of piperazine rings is 1. The first-order valence-corrected chi connectivity index (χ1v) is 9.37. The number of halogens is 1. The normalized spacial score (nSPS) is 18.7. The van der Waals surface area contributed by atoms with Gasteiger partial charge in [0, 0.05) is 49.2 Å². The number of nitrogens with zero attached hydrogens (tertiary/aromatic N) is 2. The quantitative estimate of drug-likeness (QED) is 0.856. The average Bonchev–Trinajstić information content (AvgIpc) is 3.14. The Morgan fingerprint density at radius 3 is 2.82 bits per heavy atom. The van der Waals surface area contributed by atoms with Crippen LogP contribution in [0.2, 0.25) is 0 Å². The molecule has 28 heavy (non-hydrogen) atoms. The number of fused-ring (bicyclic) bond motifs is 1. The predicted octanol–water partition coefficient (Wildman–Crippen LogP) is 2.39. The molecule has 2 aromatic carbocycles. The van der Waals surface area contributed by atoms with Gasteiger partial charge in [-0.15, -0.1) is 0 Å². The first-order chi connectivity index (χ1) is 13.4. The maximum Gasteiger partial charge on any atom is 0.247 e. The van der Waals surface area contributed by atoms with Crippen molar-refractivity contribution >= 4 is 28.9 Å². The number of anilines is 3. The molecule has 7 heteroatoms. The molecule has 0 aromatic heterocycles. The Kier molecular flexibility index (Phi) is 4.66. The molecule has 1 fully saturated rings. The number of amides is 2. The van der Waals surface area contributed by atoms with Gasteiger partial charge in [-0.05, 0) is 36.8 Å². The van der Waals surface area contributed by atoms with Gasteiger partial charge >= 0.3 is 0 Å². The van der Waals surface area contributed by atoms with Crippen molar-refractivity contribution in [3.63, 3.8) is 0 Å². The number of hydrogen-bond acceptors (Lipinski definition) is 4. The Labute approximate surface area is 163 Å². The molecular formula is C21H23FN4O2. The first-order valence-electron chi connectivity index (χ1n) is 9.37. The van der Waals surface area contributed by atoms with Crippen LogP contribution < -0.4 is 15.5 Å². The van der Waals surface area contributed by atoms with Crippen molar-refractivity contribution in [1.82, 2.24) is 4.90 Å². The molecule has 146 valence electrons. The third kappa shape index (κ3) is 3.40. The fourth-order valence-corrected chi connectivity index (χ4v) is 3.72. The number of likely N-dealkylation sites (N-methyl/N-ethyl adjacent to an activating group) is 1. The van der Waals surface area contributed by atoms with Crippen LogP contribution in [0.4, 0.5) is 21.5 Å². The zero-order valence-corrected chi connectivity index (χ0v) is 16.0. The van der Waals surface area contributed by atoms with Gasteiger partial charge in [-0.2, -0.15) is 0 Å². The minimum absolute atomic E-state index is 0.0750. The summed E-state index contributed by atoms with van der Waals surface area (Å²) in [6.07, 6.45) is 0.321. The van der Waals surface area contributed by atoms with Crippen LogP contribution in [0.1, 0.15) is 11.1 Å². The third-order valence-electron chi connectivity index (χ3n) is 5.44. The highest BCUT2D eigenvalue weighted by Gasteiger charge is 2.30. The minimum Gasteiger partial charge on any atom is -0.373 e. The maximum atomic E-state index is 14.0. The number of hydrogen-bond donors (Lipinski definition) is 2. The summed E-state index contributed by atoms with van der Waals surface area (Å²) in [5.41, 5.74) is 3.75. The van der Waals surface area contributed by atoms with Crippen molar-refractivity contribution < 1.29 is 14.0 Å². The Hall–Kier alpha value is -3.09. The summed E-state index contributed by atoms with van der Waals surface area (Å²) in [6.45, 7) is 3.64. The first kappa shape index (κ1) is 18.3. The predicted molar refractivity (Wildman–Crippen MR) is 107 cm³/mol. The second kappa shape index (κ2) is 7.14. The molecule has 2 aromatic rings. The van der Waals surface area contributed by atoms with Gasteiger partial charge in [0.1, 0.15) is 11.9 Å². The molecule has 0 aliphatic carbocycles. The van der Waals surface area contributed by atoms with Gasteiger partial charge in [-0.3, -0.25) is 9.59 Å². The summed E-state index contributed by atoms with van der Waals surface area (Å²) >= 11 is 0. The van der Waals surface area contributed by atoms with E-state index in [0.717, 1.165) is 17.8 Å². The highest BCUT2D eigenvalue weighted by molar-refractivity contribution is 5.98. The van der Waals surface area contributed by atoms with E-state index in [2.05, 4.69) is 10.6 Å². The lowest BCUT2D eigenvalue weighted by atomic mass is 10.1. The van der Waals surface area contributed by atoms with Crippen LogP contribution in [0, 0.1) is 12.7 Å². The van der Waals surface area contributed by atoms with E-state index in [9.17, 15) is 14.0 Å². The molecular weight excluding hydrogens is 359 g/mol. The van der Waals surface area contributed by atoms with Gasteiger partial charge in [0.2, 0.25) is 11.8 Å². The highest BCUT2D eigenvalue weighted by atomic mass is 19.1. The van der Waals surface area contributed by atoms with Crippen LogP contribution >= 0.6 is 0 Å².